The van der Waals surface area contributed by atoms with E-state index in [4.69, 9.17) is 43.2 Å². The molecule has 1 saturated carbocycles. The van der Waals surface area contributed by atoms with Gasteiger partial charge in [0.05, 0.1) is 38.1 Å². The van der Waals surface area contributed by atoms with Gasteiger partial charge in [-0.15, -0.1) is 18.3 Å². The smallest absolute Gasteiger partial charge is 0.410 e. The monoisotopic (exact) mass is 948 g/mol. The zero-order chi connectivity index (χ0) is 47.1. The van der Waals surface area contributed by atoms with Crippen molar-refractivity contribution >= 4 is 23.6 Å². The molecule has 0 radical (unpaired) electrons. The van der Waals surface area contributed by atoms with E-state index in [1.54, 1.807) is 22.7 Å². The van der Waals surface area contributed by atoms with Gasteiger partial charge < -0.3 is 48.2 Å². The van der Waals surface area contributed by atoms with E-state index in [-0.39, 0.29) is 70.5 Å². The maximum Gasteiger partial charge on any atom is 0.410 e. The van der Waals surface area contributed by atoms with Crippen molar-refractivity contribution in [2.75, 3.05) is 59.3 Å². The Kier molecular flexibility index (Phi) is 17.4. The fraction of sp³-hybridized carbons (Fsp3) is 0.444. The highest BCUT2D eigenvalue weighted by Gasteiger charge is 2.65. The summed E-state index contributed by atoms with van der Waals surface area (Å²) in [4.78, 5) is 23.5. The first-order valence-corrected chi connectivity index (χ1v) is 24.8. The number of amides is 1. The lowest BCUT2D eigenvalue weighted by Crippen LogP contribution is -2.70. The van der Waals surface area contributed by atoms with Gasteiger partial charge in [0.2, 0.25) is 12.6 Å². The zero-order valence-corrected chi connectivity index (χ0v) is 39.7. The van der Waals surface area contributed by atoms with Crippen LogP contribution < -0.4 is 18.9 Å². The molecule has 0 spiro atoms. The van der Waals surface area contributed by atoms with Crippen LogP contribution in [0.25, 0.3) is 0 Å². The second-order valence-electron chi connectivity index (χ2n) is 17.4. The Bertz CT molecular complexity index is 2330. The summed E-state index contributed by atoms with van der Waals surface area (Å²) in [5.74, 6) is 1.26. The van der Waals surface area contributed by atoms with Crippen LogP contribution in [0.1, 0.15) is 67.6 Å². The second-order valence-corrected chi connectivity index (χ2v) is 18.6. The number of hydrogen-bond acceptors (Lipinski definition) is 13. The number of unbranched alkanes of at least 4 members (excludes halogenated alkanes) is 2. The molecule has 2 heterocycles. The molecule has 4 aromatic rings. The highest BCUT2D eigenvalue weighted by Crippen LogP contribution is 2.62. The summed E-state index contributed by atoms with van der Waals surface area (Å²) < 4.78 is 44.6. The molecule has 2 N–H and O–H groups in total. The molecule has 0 aromatic heterocycles. The van der Waals surface area contributed by atoms with Crippen molar-refractivity contribution in [1.82, 2.24) is 4.90 Å². The number of hydrogen-bond donors (Lipinski definition) is 2. The third kappa shape index (κ3) is 11.5. The van der Waals surface area contributed by atoms with E-state index >= 15 is 0 Å². The molecule has 68 heavy (non-hydrogen) atoms. The summed E-state index contributed by atoms with van der Waals surface area (Å²) in [6.45, 7) is 5.65. The van der Waals surface area contributed by atoms with E-state index in [1.165, 1.54) is 12.0 Å². The molecule has 4 aliphatic rings. The maximum atomic E-state index is 15.0. The lowest BCUT2D eigenvalue weighted by molar-refractivity contribution is -0.256. The van der Waals surface area contributed by atoms with Crippen LogP contribution in [0.3, 0.4) is 0 Å². The largest absolute Gasteiger partial charge is 0.493 e. The summed E-state index contributed by atoms with van der Waals surface area (Å²) in [7, 11) is 1.54. The number of carbonyl (C=O) groups excluding carboxylic acids is 1. The van der Waals surface area contributed by atoms with Crippen molar-refractivity contribution in [1.29, 1.82) is 0 Å². The van der Waals surface area contributed by atoms with Gasteiger partial charge in [-0.3, -0.25) is 4.90 Å². The van der Waals surface area contributed by atoms with Crippen LogP contribution in [0, 0.1) is 17.8 Å². The van der Waals surface area contributed by atoms with Gasteiger partial charge in [0.25, 0.3) is 0 Å². The van der Waals surface area contributed by atoms with E-state index < -0.39 is 23.8 Å². The van der Waals surface area contributed by atoms with Gasteiger partial charge in [-0.25, -0.2) is 4.79 Å². The number of oxime groups is 1. The third-order valence-electron chi connectivity index (χ3n) is 13.2. The summed E-state index contributed by atoms with van der Waals surface area (Å²) in [6.07, 6.45) is 8.24. The van der Waals surface area contributed by atoms with Crippen LogP contribution in [0.2, 0.25) is 0 Å². The molecular weight excluding hydrogens is 885 g/mol. The molecule has 14 heteroatoms. The van der Waals surface area contributed by atoms with Crippen molar-refractivity contribution in [3.63, 3.8) is 0 Å². The van der Waals surface area contributed by atoms with E-state index in [0.29, 0.717) is 49.0 Å². The van der Waals surface area contributed by atoms with Crippen molar-refractivity contribution in [3.8, 4) is 23.0 Å². The first-order valence-electron chi connectivity index (χ1n) is 23.8. The number of nitrogens with zero attached hydrogens (tertiary/aromatic N) is 2. The quantitative estimate of drug-likeness (QED) is 0.0282. The number of thioether (sulfide) groups is 1. The van der Waals surface area contributed by atoms with Crippen LogP contribution in [0.5, 0.6) is 23.0 Å². The molecule has 6 atom stereocenters. The van der Waals surface area contributed by atoms with Gasteiger partial charge in [-0.1, -0.05) is 84.7 Å². The van der Waals surface area contributed by atoms with Gasteiger partial charge in [0, 0.05) is 48.3 Å². The zero-order valence-electron chi connectivity index (χ0n) is 38.9. The molecule has 1 fully saturated rings. The van der Waals surface area contributed by atoms with E-state index in [1.807, 2.05) is 78.9 Å². The van der Waals surface area contributed by atoms with Crippen molar-refractivity contribution < 1.29 is 53.0 Å². The summed E-state index contributed by atoms with van der Waals surface area (Å²) >= 11 is 1.74. The average molecular weight is 949 g/mol. The fourth-order valence-electron chi connectivity index (χ4n) is 10.3. The molecule has 0 unspecified atom stereocenters. The van der Waals surface area contributed by atoms with Crippen molar-refractivity contribution in [2.45, 2.75) is 80.7 Å². The number of rotatable bonds is 25. The van der Waals surface area contributed by atoms with E-state index in [2.05, 4.69) is 30.9 Å². The first-order chi connectivity index (χ1) is 33.5. The molecule has 8 rings (SSSR count). The molecule has 362 valence electrons. The topological polar surface area (TPSA) is 147 Å². The summed E-state index contributed by atoms with van der Waals surface area (Å²) in [5.41, 5.74) is 4.39. The van der Waals surface area contributed by atoms with E-state index in [9.17, 15) is 15.0 Å². The minimum absolute atomic E-state index is 0.00549. The lowest BCUT2D eigenvalue weighted by Gasteiger charge is -2.59. The Balaban J connectivity index is 1.21. The maximum absolute atomic E-state index is 15.0. The number of carbonyl (C=O) groups is 1. The van der Waals surface area contributed by atoms with Gasteiger partial charge in [-0.2, -0.15) is 0 Å². The number of benzene rings is 4. The Morgan fingerprint density at radius 1 is 0.882 bits per heavy atom. The highest BCUT2D eigenvalue weighted by atomic mass is 32.2. The van der Waals surface area contributed by atoms with Gasteiger partial charge >= 0.3 is 6.09 Å². The molecule has 1 amide bonds. The van der Waals surface area contributed by atoms with Crippen molar-refractivity contribution in [2.24, 2.45) is 22.9 Å². The number of aliphatic hydroxyl groups is 2. The normalized spacial score (nSPS) is 22.6. The van der Waals surface area contributed by atoms with Gasteiger partial charge in [-0.05, 0) is 96.7 Å². The Hall–Kier alpha value is -5.51. The van der Waals surface area contributed by atoms with Crippen LogP contribution in [-0.2, 0) is 32.2 Å². The van der Waals surface area contributed by atoms with Crippen LogP contribution >= 0.6 is 11.8 Å². The Morgan fingerprint density at radius 2 is 1.65 bits per heavy atom. The average Bonchev–Trinajstić information content (AvgIpc) is 3.84. The van der Waals surface area contributed by atoms with Crippen LogP contribution in [-0.4, -0.2) is 98.0 Å². The van der Waals surface area contributed by atoms with Crippen LogP contribution in [0.4, 0.5) is 4.79 Å². The fourth-order valence-corrected chi connectivity index (χ4v) is 11.0. The van der Waals surface area contributed by atoms with Gasteiger partial charge in [0.15, 0.2) is 11.5 Å². The van der Waals surface area contributed by atoms with Gasteiger partial charge in [0.1, 0.15) is 31.3 Å². The predicted octanol–water partition coefficient (Wildman–Crippen LogP) is 9.71. The van der Waals surface area contributed by atoms with E-state index in [0.717, 1.165) is 59.4 Å². The number of allylic oxidation sites excluding steroid dienone is 1. The Labute approximate surface area is 404 Å². The van der Waals surface area contributed by atoms with Crippen molar-refractivity contribution in [3.05, 3.63) is 138 Å². The molecular formula is C54H64N2O11S. The lowest BCUT2D eigenvalue weighted by atomic mass is 9.55. The molecule has 13 nitrogen and oxygen atoms in total. The number of aliphatic hydroxyl groups excluding tert-OH is 2. The molecule has 4 aromatic carbocycles. The molecule has 0 saturated heterocycles. The first kappa shape index (κ1) is 48.9. The Morgan fingerprint density at radius 3 is 2.43 bits per heavy atom. The third-order valence-corrected chi connectivity index (χ3v) is 14.2. The molecule has 2 aliphatic carbocycles. The summed E-state index contributed by atoms with van der Waals surface area (Å²) in [6, 6.07) is 31.0. The number of ether oxygens (including phenoxy) is 7. The molecule has 2 aliphatic heterocycles. The van der Waals surface area contributed by atoms with Crippen LogP contribution in [0.15, 0.2) is 131 Å². The minimum atomic E-state index is -1.48. The standard InChI is InChI=1S/C54H64N2O11S/c1-3-26-66-54-50(56(35-39-20-22-48-49(31-39)65-37-64-48)53(59)63-28-27-61-36-38-14-6-4-7-15-38)34-46(55-60-2)44-32-40(16-10-12-24-57)43(19-11-13-25-58)51(52(44)54)45-33-41(21-23-47(45)67-54)62-29-30-68-42-17-8-5-9-18-42/h3-9,14-15,17-18,20-23,31-33,40,43,50-52,57-58H,1,10-13,16,19,24-30,34-37H2,2H3/t40-,43+,50-,51+,52+,54+/m0/s1. The SMILES string of the molecule is C=CCO[C@@]12Oc3ccc(OCCSc4ccccc4)cc3[C@H]3[C@H](CCCCO)[C@@H](CCCCO)C=C(C(=NOC)C[C@@H]1N(Cc1ccc4c(c1)OCO4)C(=O)OCCOCc1ccccc1)[C@H]32. The molecule has 0 bridgehead atoms. The predicted molar refractivity (Wildman–Crippen MR) is 260 cm³/mol. The number of fused-ring (bicyclic) bond motifs is 3. The minimum Gasteiger partial charge on any atom is -0.493 e. The second kappa shape index (κ2) is 24.2. The summed E-state index contributed by atoms with van der Waals surface area (Å²) in [5, 5.41) is 24.7. The highest BCUT2D eigenvalue weighted by molar-refractivity contribution is 7.99.